The molecule has 0 spiro atoms. The molecule has 0 heterocycles. The Bertz CT molecular complexity index is 161. The maximum absolute atomic E-state index is 2.49. The summed E-state index contributed by atoms with van der Waals surface area (Å²) in [6, 6.07) is 0. The van der Waals surface area contributed by atoms with Crippen molar-refractivity contribution in [2.24, 2.45) is 23.7 Å². The first kappa shape index (κ1) is 13.1. The van der Waals surface area contributed by atoms with Crippen LogP contribution in [-0.2, 0) is 0 Å². The van der Waals surface area contributed by atoms with Crippen LogP contribution in [0.25, 0.3) is 0 Å². The fraction of sp³-hybridized carbons (Fsp3) is 1.00. The summed E-state index contributed by atoms with van der Waals surface area (Å²) in [5.41, 5.74) is 0. The molecule has 0 N–H and O–H groups in total. The minimum atomic E-state index is 0.997. The van der Waals surface area contributed by atoms with Crippen molar-refractivity contribution >= 4 is 0 Å². The average molecular weight is 210 g/mol. The number of hydrogen-bond acceptors (Lipinski definition) is 0. The smallest absolute Gasteiger partial charge is 0.0357 e. The van der Waals surface area contributed by atoms with Crippen molar-refractivity contribution in [2.45, 2.75) is 72.6 Å². The van der Waals surface area contributed by atoms with E-state index in [2.05, 4.69) is 27.7 Å². The van der Waals surface area contributed by atoms with Gasteiger partial charge in [-0.2, -0.15) is 0 Å². The van der Waals surface area contributed by atoms with E-state index >= 15 is 0 Å². The second-order valence-electron chi connectivity index (χ2n) is 5.64. The van der Waals surface area contributed by atoms with Gasteiger partial charge in [-0.05, 0) is 30.1 Å². The highest BCUT2D eigenvalue weighted by Gasteiger charge is 2.38. The predicted molar refractivity (Wildman–Crippen MR) is 69.0 cm³/mol. The zero-order chi connectivity index (χ0) is 11.3. The van der Waals surface area contributed by atoms with Gasteiger partial charge in [-0.1, -0.05) is 66.2 Å². The van der Waals surface area contributed by atoms with E-state index < -0.39 is 0 Å². The Hall–Kier alpha value is 0. The van der Waals surface area contributed by atoms with Gasteiger partial charge in [0.05, 0.1) is 0 Å². The second-order valence-corrected chi connectivity index (χ2v) is 5.64. The van der Waals surface area contributed by atoms with Gasteiger partial charge in [0.25, 0.3) is 0 Å². The topological polar surface area (TPSA) is 0 Å². The van der Waals surface area contributed by atoms with Crippen molar-refractivity contribution in [2.75, 3.05) is 0 Å². The normalized spacial score (nSPS) is 36.0. The molecule has 0 amide bonds. The first-order valence-electron chi connectivity index (χ1n) is 7.24. The molecule has 90 valence electrons. The molecule has 0 radical (unpaired) electrons. The van der Waals surface area contributed by atoms with Crippen LogP contribution in [0.5, 0.6) is 0 Å². The van der Waals surface area contributed by atoms with Crippen molar-refractivity contribution < 1.29 is 0 Å². The lowest BCUT2D eigenvalue weighted by Crippen LogP contribution is -2.16. The number of rotatable bonds is 6. The van der Waals surface area contributed by atoms with Crippen LogP contribution in [0.2, 0.25) is 0 Å². The van der Waals surface area contributed by atoms with Crippen molar-refractivity contribution in [3.8, 4) is 0 Å². The van der Waals surface area contributed by atoms with Crippen LogP contribution in [0.1, 0.15) is 72.6 Å². The minimum Gasteiger partial charge on any atom is -0.0654 e. The molecule has 0 bridgehead atoms. The molecule has 4 atom stereocenters. The predicted octanol–water partition coefficient (Wildman–Crippen LogP) is 5.28. The molecule has 1 saturated carbocycles. The molecule has 0 aliphatic heterocycles. The van der Waals surface area contributed by atoms with Gasteiger partial charge >= 0.3 is 0 Å². The van der Waals surface area contributed by atoms with Crippen molar-refractivity contribution in [3.63, 3.8) is 0 Å². The molecule has 0 aromatic heterocycles. The van der Waals surface area contributed by atoms with Crippen molar-refractivity contribution in [1.29, 1.82) is 0 Å². The fourth-order valence-corrected chi connectivity index (χ4v) is 3.86. The largest absolute Gasteiger partial charge is 0.0654 e. The Balaban J connectivity index is 2.52. The zero-order valence-corrected chi connectivity index (χ0v) is 11.3. The maximum atomic E-state index is 2.49. The van der Waals surface area contributed by atoms with Crippen LogP contribution in [0, 0.1) is 23.7 Å². The van der Waals surface area contributed by atoms with Crippen molar-refractivity contribution in [1.82, 2.24) is 0 Å². The van der Waals surface area contributed by atoms with Crippen LogP contribution in [0.3, 0.4) is 0 Å². The van der Waals surface area contributed by atoms with E-state index in [-0.39, 0.29) is 0 Å². The lowest BCUT2D eigenvalue weighted by Gasteiger charge is -2.24. The quantitative estimate of drug-likeness (QED) is 0.560. The summed E-state index contributed by atoms with van der Waals surface area (Å²) in [7, 11) is 0. The lowest BCUT2D eigenvalue weighted by molar-refractivity contribution is 0.254. The summed E-state index contributed by atoms with van der Waals surface area (Å²) in [5, 5.41) is 0. The van der Waals surface area contributed by atoms with Gasteiger partial charge in [0.15, 0.2) is 0 Å². The SMILES string of the molecule is CCCCC1CC(C)C(CCC)C1CC. The van der Waals surface area contributed by atoms with E-state index in [1.54, 1.807) is 0 Å². The lowest BCUT2D eigenvalue weighted by atomic mass is 9.81. The first-order valence-corrected chi connectivity index (χ1v) is 7.24. The van der Waals surface area contributed by atoms with Crippen LogP contribution >= 0.6 is 0 Å². The highest BCUT2D eigenvalue weighted by molar-refractivity contribution is 4.88. The Labute approximate surface area is 96.8 Å². The highest BCUT2D eigenvalue weighted by Crippen LogP contribution is 2.47. The van der Waals surface area contributed by atoms with Gasteiger partial charge < -0.3 is 0 Å². The van der Waals surface area contributed by atoms with Crippen LogP contribution in [-0.4, -0.2) is 0 Å². The Morgan fingerprint density at radius 2 is 1.67 bits per heavy atom. The van der Waals surface area contributed by atoms with E-state index in [0.717, 1.165) is 23.7 Å². The number of unbranched alkanes of at least 4 members (excludes halogenated alkanes) is 1. The Kier molecular flexibility index (Phi) is 5.71. The van der Waals surface area contributed by atoms with Crippen LogP contribution in [0.15, 0.2) is 0 Å². The monoisotopic (exact) mass is 210 g/mol. The molecule has 0 saturated heterocycles. The summed E-state index contributed by atoms with van der Waals surface area (Å²) < 4.78 is 0. The zero-order valence-electron chi connectivity index (χ0n) is 11.3. The van der Waals surface area contributed by atoms with Gasteiger partial charge in [0.1, 0.15) is 0 Å². The second kappa shape index (κ2) is 6.55. The summed E-state index contributed by atoms with van der Waals surface area (Å²) in [4.78, 5) is 0. The van der Waals surface area contributed by atoms with Gasteiger partial charge in [-0.15, -0.1) is 0 Å². The average Bonchev–Trinajstić information content (AvgIpc) is 2.53. The molecular formula is C15H30. The minimum absolute atomic E-state index is 0.997. The van der Waals surface area contributed by atoms with Gasteiger partial charge in [-0.25, -0.2) is 0 Å². The molecule has 1 aliphatic carbocycles. The Morgan fingerprint density at radius 3 is 2.20 bits per heavy atom. The van der Waals surface area contributed by atoms with Crippen LogP contribution in [0.4, 0.5) is 0 Å². The summed E-state index contributed by atoms with van der Waals surface area (Å²) in [6.07, 6.45) is 10.1. The molecule has 0 heteroatoms. The van der Waals surface area contributed by atoms with Crippen molar-refractivity contribution in [3.05, 3.63) is 0 Å². The fourth-order valence-electron chi connectivity index (χ4n) is 3.86. The Morgan fingerprint density at radius 1 is 0.933 bits per heavy atom. The molecule has 0 nitrogen and oxygen atoms in total. The molecule has 15 heavy (non-hydrogen) atoms. The first-order chi connectivity index (χ1) is 7.24. The molecule has 1 rings (SSSR count). The van der Waals surface area contributed by atoms with E-state index in [0.29, 0.717) is 0 Å². The molecule has 0 aromatic carbocycles. The standard InChI is InChI=1S/C15H30/c1-5-8-10-13-11-12(4)15(9-6-2)14(13)7-3/h12-15H,5-11H2,1-4H3. The van der Waals surface area contributed by atoms with E-state index in [1.165, 1.54) is 44.9 Å². The molecule has 4 unspecified atom stereocenters. The summed E-state index contributed by atoms with van der Waals surface area (Å²) in [5.74, 6) is 4.15. The molecule has 1 fully saturated rings. The van der Waals surface area contributed by atoms with Gasteiger partial charge in [0, 0.05) is 0 Å². The van der Waals surface area contributed by atoms with Crippen LogP contribution < -0.4 is 0 Å². The van der Waals surface area contributed by atoms with Gasteiger partial charge in [0.2, 0.25) is 0 Å². The highest BCUT2D eigenvalue weighted by atomic mass is 14.4. The maximum Gasteiger partial charge on any atom is -0.0357 e. The van der Waals surface area contributed by atoms with E-state index in [9.17, 15) is 0 Å². The van der Waals surface area contributed by atoms with E-state index in [4.69, 9.17) is 0 Å². The third-order valence-corrected chi connectivity index (χ3v) is 4.58. The number of hydrogen-bond donors (Lipinski definition) is 0. The third kappa shape index (κ3) is 3.23. The molecule has 1 aliphatic rings. The molecular weight excluding hydrogens is 180 g/mol. The molecule has 0 aromatic rings. The third-order valence-electron chi connectivity index (χ3n) is 4.58. The summed E-state index contributed by atoms with van der Waals surface area (Å²) in [6.45, 7) is 9.57. The van der Waals surface area contributed by atoms with Gasteiger partial charge in [-0.3, -0.25) is 0 Å². The van der Waals surface area contributed by atoms with E-state index in [1.807, 2.05) is 0 Å². The summed E-state index contributed by atoms with van der Waals surface area (Å²) >= 11 is 0.